The zero-order chi connectivity index (χ0) is 18.5. The van der Waals surface area contributed by atoms with Crippen LogP contribution in [0, 0.1) is 10.1 Å². The van der Waals surface area contributed by atoms with Crippen LogP contribution < -0.4 is 5.32 Å². The van der Waals surface area contributed by atoms with Crippen molar-refractivity contribution >= 4 is 23.4 Å². The van der Waals surface area contributed by atoms with Crippen molar-refractivity contribution in [3.05, 3.63) is 70.3 Å². The van der Waals surface area contributed by atoms with Crippen LogP contribution in [-0.2, 0) is 11.8 Å². The Balaban J connectivity index is 1.68. The zero-order valence-corrected chi connectivity index (χ0v) is 13.7. The van der Waals surface area contributed by atoms with Crippen LogP contribution in [0.4, 0.5) is 11.4 Å². The summed E-state index contributed by atoms with van der Waals surface area (Å²) in [5, 5.41) is 24.7. The average molecular weight is 350 g/mol. The first-order valence-corrected chi connectivity index (χ1v) is 7.59. The van der Waals surface area contributed by atoms with Gasteiger partial charge in [0, 0.05) is 36.5 Å². The van der Waals surface area contributed by atoms with Crippen molar-refractivity contribution in [3.8, 4) is 11.4 Å². The van der Waals surface area contributed by atoms with E-state index in [9.17, 15) is 14.9 Å². The standard InChI is InChI=1S/C17H14N6O3/c1-22-17(19-20-21-22)13-3-2-4-14(11-13)18-16(24)10-7-12-5-8-15(9-6-12)23(25)26/h2-11H,1H3,(H,18,24)/b10-7+. The molecule has 9 nitrogen and oxygen atoms in total. The summed E-state index contributed by atoms with van der Waals surface area (Å²) in [5.41, 5.74) is 2.06. The van der Waals surface area contributed by atoms with Gasteiger partial charge in [-0.05, 0) is 46.3 Å². The van der Waals surface area contributed by atoms with Crippen molar-refractivity contribution in [2.45, 2.75) is 0 Å². The fraction of sp³-hybridized carbons (Fsp3) is 0.0588. The zero-order valence-electron chi connectivity index (χ0n) is 13.7. The van der Waals surface area contributed by atoms with Crippen molar-refractivity contribution < 1.29 is 9.72 Å². The van der Waals surface area contributed by atoms with Crippen LogP contribution in [0.2, 0.25) is 0 Å². The Hall–Kier alpha value is -3.88. The Bertz CT molecular complexity index is 978. The molecule has 0 atom stereocenters. The maximum Gasteiger partial charge on any atom is 0.269 e. The summed E-state index contributed by atoms with van der Waals surface area (Å²) in [5.74, 6) is 0.263. The monoisotopic (exact) mass is 350 g/mol. The molecule has 0 saturated carbocycles. The SMILES string of the molecule is Cn1nnnc1-c1cccc(NC(=O)/C=C/c2ccc([N+](=O)[O-])cc2)c1. The number of benzene rings is 2. The largest absolute Gasteiger partial charge is 0.322 e. The molecule has 0 bridgehead atoms. The van der Waals surface area contributed by atoms with Crippen LogP contribution >= 0.6 is 0 Å². The molecule has 0 aliphatic carbocycles. The van der Waals surface area contributed by atoms with E-state index in [4.69, 9.17) is 0 Å². The first kappa shape index (κ1) is 17.0. The highest BCUT2D eigenvalue weighted by molar-refractivity contribution is 6.02. The molecule has 1 amide bonds. The number of carbonyl (C=O) groups excluding carboxylic acids is 1. The number of nitrogens with one attached hydrogen (secondary N) is 1. The van der Waals surface area contributed by atoms with E-state index in [0.29, 0.717) is 17.1 Å². The van der Waals surface area contributed by atoms with Crippen molar-refractivity contribution in [1.82, 2.24) is 20.2 Å². The maximum atomic E-state index is 12.1. The molecule has 3 rings (SSSR count). The topological polar surface area (TPSA) is 116 Å². The first-order valence-electron chi connectivity index (χ1n) is 7.59. The molecule has 0 aliphatic heterocycles. The minimum Gasteiger partial charge on any atom is -0.322 e. The number of carbonyl (C=O) groups is 1. The summed E-state index contributed by atoms with van der Waals surface area (Å²) in [7, 11) is 1.73. The van der Waals surface area contributed by atoms with Crippen LogP contribution in [0.25, 0.3) is 17.5 Å². The van der Waals surface area contributed by atoms with E-state index >= 15 is 0 Å². The van der Waals surface area contributed by atoms with Crippen molar-refractivity contribution in [1.29, 1.82) is 0 Å². The third-order valence-corrected chi connectivity index (χ3v) is 3.54. The van der Waals surface area contributed by atoms with Gasteiger partial charge in [-0.25, -0.2) is 4.68 Å². The highest BCUT2D eigenvalue weighted by Crippen LogP contribution is 2.19. The number of hydrogen-bond acceptors (Lipinski definition) is 6. The number of nitro benzene ring substituents is 1. The lowest BCUT2D eigenvalue weighted by Crippen LogP contribution is -2.07. The second kappa shape index (κ2) is 7.34. The van der Waals surface area contributed by atoms with Crippen LogP contribution in [0.15, 0.2) is 54.6 Å². The number of tetrazole rings is 1. The van der Waals surface area contributed by atoms with Gasteiger partial charge in [0.15, 0.2) is 5.82 Å². The number of anilines is 1. The smallest absolute Gasteiger partial charge is 0.269 e. The highest BCUT2D eigenvalue weighted by atomic mass is 16.6. The second-order valence-corrected chi connectivity index (χ2v) is 5.38. The summed E-state index contributed by atoms with van der Waals surface area (Å²) >= 11 is 0. The molecule has 0 spiro atoms. The summed E-state index contributed by atoms with van der Waals surface area (Å²) < 4.78 is 1.54. The fourth-order valence-electron chi connectivity index (χ4n) is 2.27. The Morgan fingerprint density at radius 2 is 2.00 bits per heavy atom. The van der Waals surface area contributed by atoms with Gasteiger partial charge in [-0.1, -0.05) is 12.1 Å². The van der Waals surface area contributed by atoms with Crippen molar-refractivity contribution in [2.75, 3.05) is 5.32 Å². The number of aromatic nitrogens is 4. The predicted molar refractivity (Wildman–Crippen MR) is 95.0 cm³/mol. The average Bonchev–Trinajstić information content (AvgIpc) is 3.06. The molecular weight excluding hydrogens is 336 g/mol. The van der Waals surface area contributed by atoms with Gasteiger partial charge < -0.3 is 5.32 Å². The van der Waals surface area contributed by atoms with Crippen LogP contribution in [0.3, 0.4) is 0 Å². The predicted octanol–water partition coefficient (Wildman–Crippen LogP) is 2.44. The van der Waals surface area contributed by atoms with Crippen LogP contribution in [-0.4, -0.2) is 31.0 Å². The molecule has 9 heteroatoms. The minimum absolute atomic E-state index is 0.00156. The van der Waals surface area contributed by atoms with Gasteiger partial charge in [-0.15, -0.1) is 5.10 Å². The van der Waals surface area contributed by atoms with Gasteiger partial charge >= 0.3 is 0 Å². The second-order valence-electron chi connectivity index (χ2n) is 5.38. The first-order chi connectivity index (χ1) is 12.5. The number of hydrogen-bond donors (Lipinski definition) is 1. The van der Waals surface area contributed by atoms with E-state index in [1.807, 2.05) is 6.07 Å². The molecule has 1 N–H and O–H groups in total. The normalized spacial score (nSPS) is 10.8. The van der Waals surface area contributed by atoms with Gasteiger partial charge in [0.25, 0.3) is 5.69 Å². The molecule has 1 heterocycles. The van der Waals surface area contributed by atoms with E-state index in [0.717, 1.165) is 5.56 Å². The number of aryl methyl sites for hydroxylation is 1. The molecule has 0 unspecified atom stereocenters. The van der Waals surface area contributed by atoms with Crippen LogP contribution in [0.5, 0.6) is 0 Å². The Labute approximate surface area is 148 Å². The van der Waals surface area contributed by atoms with Gasteiger partial charge in [0.2, 0.25) is 5.91 Å². The van der Waals surface area contributed by atoms with Gasteiger partial charge in [0.1, 0.15) is 0 Å². The maximum absolute atomic E-state index is 12.1. The number of rotatable bonds is 5. The highest BCUT2D eigenvalue weighted by Gasteiger charge is 2.07. The molecule has 0 radical (unpaired) electrons. The van der Waals surface area contributed by atoms with Gasteiger partial charge in [0.05, 0.1) is 4.92 Å². The quantitative estimate of drug-likeness (QED) is 0.429. The molecule has 2 aromatic carbocycles. The summed E-state index contributed by atoms with van der Waals surface area (Å²) in [6.45, 7) is 0. The Morgan fingerprint density at radius 3 is 2.65 bits per heavy atom. The molecule has 130 valence electrons. The minimum atomic E-state index is -0.472. The fourth-order valence-corrected chi connectivity index (χ4v) is 2.27. The van der Waals surface area contributed by atoms with E-state index < -0.39 is 4.92 Å². The summed E-state index contributed by atoms with van der Waals surface area (Å²) in [6, 6.07) is 13.1. The molecule has 0 aliphatic rings. The third-order valence-electron chi connectivity index (χ3n) is 3.54. The number of nitro groups is 1. The van der Waals surface area contributed by atoms with E-state index in [2.05, 4.69) is 20.8 Å². The van der Waals surface area contributed by atoms with Gasteiger partial charge in [-0.3, -0.25) is 14.9 Å². The number of nitrogens with zero attached hydrogens (tertiary/aromatic N) is 5. The number of non-ortho nitro benzene ring substituents is 1. The lowest BCUT2D eigenvalue weighted by Gasteiger charge is -2.05. The lowest BCUT2D eigenvalue weighted by atomic mass is 10.2. The van der Waals surface area contributed by atoms with E-state index in [1.54, 1.807) is 43.5 Å². The molecule has 1 aromatic heterocycles. The van der Waals surface area contributed by atoms with Crippen molar-refractivity contribution in [2.24, 2.45) is 7.05 Å². The molecular formula is C17H14N6O3. The lowest BCUT2D eigenvalue weighted by molar-refractivity contribution is -0.384. The molecule has 0 saturated heterocycles. The molecule has 26 heavy (non-hydrogen) atoms. The van der Waals surface area contributed by atoms with E-state index in [-0.39, 0.29) is 11.6 Å². The third kappa shape index (κ3) is 3.96. The Morgan fingerprint density at radius 1 is 1.23 bits per heavy atom. The molecule has 0 fully saturated rings. The van der Waals surface area contributed by atoms with E-state index in [1.165, 1.54) is 22.9 Å². The molecule has 3 aromatic rings. The Kier molecular flexibility index (Phi) is 4.79. The van der Waals surface area contributed by atoms with Crippen molar-refractivity contribution in [3.63, 3.8) is 0 Å². The van der Waals surface area contributed by atoms with Crippen LogP contribution in [0.1, 0.15) is 5.56 Å². The summed E-state index contributed by atoms with van der Waals surface area (Å²) in [6.07, 6.45) is 2.94. The van der Waals surface area contributed by atoms with Gasteiger partial charge in [-0.2, -0.15) is 0 Å². The number of amides is 1. The summed E-state index contributed by atoms with van der Waals surface area (Å²) in [4.78, 5) is 22.2.